The van der Waals surface area contributed by atoms with Crippen molar-refractivity contribution in [1.82, 2.24) is 10.2 Å². The number of likely N-dealkylation sites (tertiary alicyclic amines) is 1. The first kappa shape index (κ1) is 19.0. The number of nitrogens with one attached hydrogen (secondary N) is 1. The van der Waals surface area contributed by atoms with Crippen LogP contribution in [0.4, 0.5) is 8.78 Å². The second-order valence-electron chi connectivity index (χ2n) is 7.12. The normalized spacial score (nSPS) is 16.0. The van der Waals surface area contributed by atoms with Crippen molar-refractivity contribution >= 4 is 11.8 Å². The lowest BCUT2D eigenvalue weighted by atomic mass is 9.79. The van der Waals surface area contributed by atoms with E-state index in [1.54, 1.807) is 0 Å². The van der Waals surface area contributed by atoms with E-state index in [1.165, 1.54) is 11.0 Å². The van der Waals surface area contributed by atoms with Crippen molar-refractivity contribution in [3.63, 3.8) is 0 Å². The van der Waals surface area contributed by atoms with Crippen molar-refractivity contribution < 1.29 is 18.4 Å². The lowest BCUT2D eigenvalue weighted by molar-refractivity contribution is -0.132. The van der Waals surface area contributed by atoms with Crippen LogP contribution in [-0.2, 0) is 11.3 Å². The minimum Gasteiger partial charge on any atom is -0.352 e. The van der Waals surface area contributed by atoms with E-state index in [-0.39, 0.29) is 19.0 Å². The molecule has 2 aromatic rings. The van der Waals surface area contributed by atoms with Crippen LogP contribution < -0.4 is 5.32 Å². The number of benzene rings is 2. The average molecular weight is 372 g/mol. The molecular formula is C21H22F2N2O2. The zero-order valence-corrected chi connectivity index (χ0v) is 15.2. The Morgan fingerprint density at radius 3 is 2.19 bits per heavy atom. The fourth-order valence-electron chi connectivity index (χ4n) is 3.28. The minimum atomic E-state index is -0.867. The van der Waals surface area contributed by atoms with Gasteiger partial charge < -0.3 is 10.2 Å². The number of carbonyl (C=O) groups excluding carboxylic acids is 2. The van der Waals surface area contributed by atoms with Crippen LogP contribution in [0.15, 0.2) is 48.5 Å². The summed E-state index contributed by atoms with van der Waals surface area (Å²) in [5, 5.41) is 2.94. The highest BCUT2D eigenvalue weighted by Gasteiger charge is 2.38. The summed E-state index contributed by atoms with van der Waals surface area (Å²) in [6, 6.07) is 13.0. The summed E-state index contributed by atoms with van der Waals surface area (Å²) >= 11 is 0. The van der Waals surface area contributed by atoms with Crippen LogP contribution in [0.5, 0.6) is 0 Å². The number of carbonyl (C=O) groups is 2. The Bertz CT molecular complexity index is 811. The fourth-order valence-corrected chi connectivity index (χ4v) is 3.28. The maximum atomic E-state index is 13.8. The number of hydrogen-bond acceptors (Lipinski definition) is 2. The summed E-state index contributed by atoms with van der Waals surface area (Å²) in [4.78, 5) is 26.5. The van der Waals surface area contributed by atoms with E-state index < -0.39 is 28.5 Å². The van der Waals surface area contributed by atoms with Gasteiger partial charge in [0.2, 0.25) is 5.91 Å². The molecule has 1 saturated heterocycles. The van der Waals surface area contributed by atoms with Crippen molar-refractivity contribution in [2.45, 2.75) is 26.3 Å². The molecule has 0 bridgehead atoms. The zero-order chi connectivity index (χ0) is 19.4. The SMILES string of the molecule is CC1(C(=O)NCc2ccccc2)CCN(C(=O)c2c(F)cccc2F)CC1. The van der Waals surface area contributed by atoms with Crippen molar-refractivity contribution in [1.29, 1.82) is 0 Å². The van der Waals surface area contributed by atoms with Crippen molar-refractivity contribution in [3.05, 3.63) is 71.3 Å². The van der Waals surface area contributed by atoms with Gasteiger partial charge in [0.05, 0.1) is 0 Å². The molecule has 2 amide bonds. The molecule has 4 nitrogen and oxygen atoms in total. The van der Waals surface area contributed by atoms with E-state index in [0.29, 0.717) is 19.4 Å². The summed E-state index contributed by atoms with van der Waals surface area (Å²) in [5.74, 6) is -2.48. The Balaban J connectivity index is 1.60. The molecule has 1 aliphatic rings. The molecule has 0 unspecified atom stereocenters. The highest BCUT2D eigenvalue weighted by atomic mass is 19.1. The molecule has 6 heteroatoms. The molecule has 27 heavy (non-hydrogen) atoms. The van der Waals surface area contributed by atoms with Crippen molar-refractivity contribution in [2.75, 3.05) is 13.1 Å². The van der Waals surface area contributed by atoms with E-state index >= 15 is 0 Å². The van der Waals surface area contributed by atoms with Gasteiger partial charge in [-0.2, -0.15) is 0 Å². The van der Waals surface area contributed by atoms with Crippen LogP contribution in [0, 0.1) is 17.0 Å². The predicted octanol–water partition coefficient (Wildman–Crippen LogP) is 3.52. The highest BCUT2D eigenvalue weighted by Crippen LogP contribution is 2.32. The van der Waals surface area contributed by atoms with Gasteiger partial charge in [0.25, 0.3) is 5.91 Å². The maximum Gasteiger partial charge on any atom is 0.259 e. The molecule has 0 aromatic heterocycles. The number of rotatable bonds is 4. The molecule has 142 valence electrons. The van der Waals surface area contributed by atoms with Gasteiger partial charge in [-0.15, -0.1) is 0 Å². The molecule has 1 aliphatic heterocycles. The lowest BCUT2D eigenvalue weighted by Crippen LogP contribution is -2.48. The first-order valence-electron chi connectivity index (χ1n) is 8.96. The Morgan fingerprint density at radius 2 is 1.59 bits per heavy atom. The lowest BCUT2D eigenvalue weighted by Gasteiger charge is -2.38. The Kier molecular flexibility index (Phi) is 5.54. The standard InChI is InChI=1S/C21H22F2N2O2/c1-21(20(27)24-14-15-6-3-2-4-7-15)10-12-25(13-11-21)19(26)18-16(22)8-5-9-17(18)23/h2-9H,10-14H2,1H3,(H,24,27). The first-order chi connectivity index (χ1) is 12.9. The van der Waals surface area contributed by atoms with Crippen molar-refractivity contribution in [2.24, 2.45) is 5.41 Å². The maximum absolute atomic E-state index is 13.8. The molecule has 0 radical (unpaired) electrons. The van der Waals surface area contributed by atoms with E-state index in [2.05, 4.69) is 5.32 Å². The summed E-state index contributed by atoms with van der Waals surface area (Å²) in [5.41, 5.74) is -0.133. The molecule has 0 spiro atoms. The second-order valence-corrected chi connectivity index (χ2v) is 7.12. The van der Waals surface area contributed by atoms with Gasteiger partial charge in [0, 0.05) is 25.0 Å². The summed E-state index contributed by atoms with van der Waals surface area (Å²) in [6.45, 7) is 2.86. The molecule has 3 rings (SSSR count). The molecular weight excluding hydrogens is 350 g/mol. The Hall–Kier alpha value is -2.76. The van der Waals surface area contributed by atoms with Crippen LogP contribution in [0.2, 0.25) is 0 Å². The van der Waals surface area contributed by atoms with E-state index in [9.17, 15) is 18.4 Å². The monoisotopic (exact) mass is 372 g/mol. The predicted molar refractivity (Wildman–Crippen MR) is 97.9 cm³/mol. The Labute approximate surface area is 157 Å². The van der Waals surface area contributed by atoms with Crippen LogP contribution in [0.1, 0.15) is 35.7 Å². The molecule has 1 N–H and O–H groups in total. The largest absolute Gasteiger partial charge is 0.352 e. The van der Waals surface area contributed by atoms with Crippen LogP contribution in [-0.4, -0.2) is 29.8 Å². The number of piperidine rings is 1. The minimum absolute atomic E-state index is 0.0736. The van der Waals surface area contributed by atoms with Gasteiger partial charge in [0.15, 0.2) is 0 Å². The van der Waals surface area contributed by atoms with Gasteiger partial charge in [-0.05, 0) is 30.5 Å². The third-order valence-electron chi connectivity index (χ3n) is 5.17. The van der Waals surface area contributed by atoms with Gasteiger partial charge in [-0.1, -0.05) is 43.3 Å². The van der Waals surface area contributed by atoms with Crippen LogP contribution in [0.3, 0.4) is 0 Å². The van der Waals surface area contributed by atoms with Gasteiger partial charge in [0.1, 0.15) is 17.2 Å². The van der Waals surface area contributed by atoms with Gasteiger partial charge in [-0.25, -0.2) is 8.78 Å². The van der Waals surface area contributed by atoms with Crippen LogP contribution in [0.25, 0.3) is 0 Å². The molecule has 0 atom stereocenters. The average Bonchev–Trinajstić information content (AvgIpc) is 2.67. The summed E-state index contributed by atoms with van der Waals surface area (Å²) in [6.07, 6.45) is 0.880. The summed E-state index contributed by atoms with van der Waals surface area (Å²) < 4.78 is 27.7. The molecule has 0 aliphatic carbocycles. The van der Waals surface area contributed by atoms with E-state index in [0.717, 1.165) is 17.7 Å². The highest BCUT2D eigenvalue weighted by molar-refractivity contribution is 5.95. The number of amides is 2. The number of halogens is 2. The molecule has 1 fully saturated rings. The number of hydrogen-bond donors (Lipinski definition) is 1. The quantitative estimate of drug-likeness (QED) is 0.893. The zero-order valence-electron chi connectivity index (χ0n) is 15.2. The topological polar surface area (TPSA) is 49.4 Å². The van der Waals surface area contributed by atoms with Crippen LogP contribution >= 0.6 is 0 Å². The van der Waals surface area contributed by atoms with Gasteiger partial charge >= 0.3 is 0 Å². The van der Waals surface area contributed by atoms with E-state index in [4.69, 9.17) is 0 Å². The molecule has 0 saturated carbocycles. The van der Waals surface area contributed by atoms with Crippen molar-refractivity contribution in [3.8, 4) is 0 Å². The third kappa shape index (κ3) is 4.15. The van der Waals surface area contributed by atoms with E-state index in [1.807, 2.05) is 37.3 Å². The smallest absolute Gasteiger partial charge is 0.259 e. The molecule has 1 heterocycles. The fraction of sp³-hybridized carbons (Fsp3) is 0.333. The second kappa shape index (κ2) is 7.86. The summed E-state index contributed by atoms with van der Waals surface area (Å²) in [7, 11) is 0. The first-order valence-corrected chi connectivity index (χ1v) is 8.96. The number of nitrogens with zero attached hydrogens (tertiary/aromatic N) is 1. The Morgan fingerprint density at radius 1 is 1.00 bits per heavy atom. The van der Waals surface area contributed by atoms with Gasteiger partial charge in [-0.3, -0.25) is 9.59 Å². The molecule has 2 aromatic carbocycles. The third-order valence-corrected chi connectivity index (χ3v) is 5.17.